The molecule has 2 N–H and O–H groups in total. The number of hydrogen-bond donors (Lipinski definition) is 1. The zero-order chi connectivity index (χ0) is 13.2. The van der Waals surface area contributed by atoms with Crippen LogP contribution in [0.3, 0.4) is 0 Å². The molecular formula is C12H12N6O. The van der Waals surface area contributed by atoms with Gasteiger partial charge in [-0.25, -0.2) is 4.68 Å². The van der Waals surface area contributed by atoms with Crippen LogP contribution in [0.4, 0.5) is 5.82 Å². The standard InChI is InChI=1S/C12H12N6O/c1-8-2-4-9(5-3-8)12-14-11(16-19-12)7-18-6-10(13)15-17-18/h2-6H,7,13H2,1H3. The second-order valence-corrected chi connectivity index (χ2v) is 4.22. The Kier molecular flexibility index (Phi) is 2.71. The van der Waals surface area contributed by atoms with Crippen molar-refractivity contribution in [2.75, 3.05) is 5.73 Å². The monoisotopic (exact) mass is 256 g/mol. The molecule has 0 radical (unpaired) electrons. The van der Waals surface area contributed by atoms with Crippen molar-refractivity contribution in [2.45, 2.75) is 13.5 Å². The van der Waals surface area contributed by atoms with Gasteiger partial charge in [0.15, 0.2) is 11.6 Å². The summed E-state index contributed by atoms with van der Waals surface area (Å²) >= 11 is 0. The highest BCUT2D eigenvalue weighted by Gasteiger charge is 2.09. The molecule has 96 valence electrons. The molecule has 0 aliphatic rings. The van der Waals surface area contributed by atoms with E-state index in [1.807, 2.05) is 31.2 Å². The largest absolute Gasteiger partial charge is 0.381 e. The fourth-order valence-corrected chi connectivity index (χ4v) is 1.67. The summed E-state index contributed by atoms with van der Waals surface area (Å²) in [6, 6.07) is 7.88. The molecule has 0 aliphatic heterocycles. The predicted octanol–water partition coefficient (Wildman–Crippen LogP) is 1.27. The Bertz CT molecular complexity index is 684. The van der Waals surface area contributed by atoms with Crippen molar-refractivity contribution in [1.29, 1.82) is 0 Å². The molecule has 3 aromatic rings. The minimum Gasteiger partial charge on any atom is -0.381 e. The van der Waals surface area contributed by atoms with E-state index in [1.165, 1.54) is 5.56 Å². The van der Waals surface area contributed by atoms with Crippen LogP contribution in [0, 0.1) is 6.92 Å². The molecule has 0 amide bonds. The van der Waals surface area contributed by atoms with E-state index in [4.69, 9.17) is 10.3 Å². The van der Waals surface area contributed by atoms with Crippen LogP contribution in [0.25, 0.3) is 11.5 Å². The topological polar surface area (TPSA) is 95.7 Å². The molecule has 0 spiro atoms. The number of aromatic nitrogens is 5. The summed E-state index contributed by atoms with van der Waals surface area (Å²) in [5.41, 5.74) is 7.56. The predicted molar refractivity (Wildman–Crippen MR) is 68.0 cm³/mol. The Hall–Kier alpha value is -2.70. The molecule has 1 aromatic carbocycles. The highest BCUT2D eigenvalue weighted by Crippen LogP contribution is 2.17. The van der Waals surface area contributed by atoms with Crippen LogP contribution in [0.15, 0.2) is 35.0 Å². The first-order valence-electron chi connectivity index (χ1n) is 5.76. The number of rotatable bonds is 3. The zero-order valence-corrected chi connectivity index (χ0v) is 10.3. The van der Waals surface area contributed by atoms with E-state index in [-0.39, 0.29) is 0 Å². The van der Waals surface area contributed by atoms with Crippen LogP contribution >= 0.6 is 0 Å². The molecule has 7 heteroatoms. The molecule has 3 rings (SSSR count). The van der Waals surface area contributed by atoms with E-state index in [9.17, 15) is 0 Å². The van der Waals surface area contributed by atoms with E-state index < -0.39 is 0 Å². The molecule has 0 aliphatic carbocycles. The van der Waals surface area contributed by atoms with Crippen LogP contribution in [0.1, 0.15) is 11.4 Å². The van der Waals surface area contributed by atoms with Gasteiger partial charge >= 0.3 is 0 Å². The minimum absolute atomic E-state index is 0.363. The molecule has 19 heavy (non-hydrogen) atoms. The molecule has 0 unspecified atom stereocenters. The molecule has 7 nitrogen and oxygen atoms in total. The van der Waals surface area contributed by atoms with E-state index in [2.05, 4.69) is 20.5 Å². The van der Waals surface area contributed by atoms with E-state index >= 15 is 0 Å². The lowest BCUT2D eigenvalue weighted by molar-refractivity contribution is 0.418. The van der Waals surface area contributed by atoms with E-state index in [1.54, 1.807) is 10.9 Å². The Balaban J connectivity index is 1.81. The smallest absolute Gasteiger partial charge is 0.257 e. The average molecular weight is 256 g/mol. The van der Waals surface area contributed by atoms with Crippen molar-refractivity contribution in [3.63, 3.8) is 0 Å². The maximum Gasteiger partial charge on any atom is 0.257 e. The van der Waals surface area contributed by atoms with Gasteiger partial charge in [0.05, 0.1) is 6.20 Å². The number of aryl methyl sites for hydroxylation is 1. The van der Waals surface area contributed by atoms with E-state index in [0.29, 0.717) is 24.1 Å². The summed E-state index contributed by atoms with van der Waals surface area (Å²) in [6.45, 7) is 2.40. The van der Waals surface area contributed by atoms with Gasteiger partial charge in [-0.3, -0.25) is 0 Å². The normalized spacial score (nSPS) is 10.8. The zero-order valence-electron chi connectivity index (χ0n) is 10.3. The first-order valence-corrected chi connectivity index (χ1v) is 5.76. The number of nitrogens with two attached hydrogens (primary N) is 1. The Morgan fingerprint density at radius 2 is 2.05 bits per heavy atom. The summed E-state index contributed by atoms with van der Waals surface area (Å²) in [7, 11) is 0. The lowest BCUT2D eigenvalue weighted by Crippen LogP contribution is -2.02. The van der Waals surface area contributed by atoms with E-state index in [0.717, 1.165) is 5.56 Å². The highest BCUT2D eigenvalue weighted by atomic mass is 16.5. The maximum atomic E-state index is 5.48. The lowest BCUT2D eigenvalue weighted by atomic mass is 10.1. The summed E-state index contributed by atoms with van der Waals surface area (Å²) in [5, 5.41) is 11.4. The van der Waals surface area contributed by atoms with Crippen LogP contribution in [0.5, 0.6) is 0 Å². The van der Waals surface area contributed by atoms with Crippen molar-refractivity contribution in [3.8, 4) is 11.5 Å². The molecule has 0 saturated heterocycles. The molecule has 2 heterocycles. The first kappa shape index (κ1) is 11.4. The Morgan fingerprint density at radius 1 is 1.26 bits per heavy atom. The average Bonchev–Trinajstić information content (AvgIpc) is 3.00. The maximum absolute atomic E-state index is 5.48. The van der Waals surface area contributed by atoms with Crippen molar-refractivity contribution in [1.82, 2.24) is 25.1 Å². The van der Waals surface area contributed by atoms with Crippen molar-refractivity contribution < 1.29 is 4.52 Å². The van der Waals surface area contributed by atoms with Gasteiger partial charge in [0.1, 0.15) is 6.54 Å². The molecule has 2 aromatic heterocycles. The number of nitrogen functional groups attached to an aromatic ring is 1. The number of hydrogen-bond acceptors (Lipinski definition) is 6. The van der Waals surface area contributed by atoms with Crippen LogP contribution < -0.4 is 5.73 Å². The van der Waals surface area contributed by atoms with Gasteiger partial charge in [-0.1, -0.05) is 28.1 Å². The second-order valence-electron chi connectivity index (χ2n) is 4.22. The lowest BCUT2D eigenvalue weighted by Gasteiger charge is -1.94. The number of nitrogens with zero attached hydrogens (tertiary/aromatic N) is 5. The third-order valence-corrected chi connectivity index (χ3v) is 2.63. The highest BCUT2D eigenvalue weighted by molar-refractivity contribution is 5.53. The molecule has 0 fully saturated rings. The molecular weight excluding hydrogens is 244 g/mol. The third kappa shape index (κ3) is 2.44. The molecule has 0 saturated carbocycles. The van der Waals surface area contributed by atoms with Crippen LogP contribution in [-0.4, -0.2) is 25.1 Å². The van der Waals surface area contributed by atoms with Gasteiger partial charge in [-0.2, -0.15) is 4.98 Å². The van der Waals surface area contributed by atoms with Gasteiger partial charge in [-0.15, -0.1) is 5.10 Å². The SMILES string of the molecule is Cc1ccc(-c2nc(Cn3cc(N)nn3)no2)cc1. The van der Waals surface area contributed by atoms with Crippen molar-refractivity contribution in [3.05, 3.63) is 41.9 Å². The van der Waals surface area contributed by atoms with Gasteiger partial charge in [-0.05, 0) is 19.1 Å². The number of anilines is 1. The molecule has 0 atom stereocenters. The summed E-state index contributed by atoms with van der Waals surface area (Å²) in [5.74, 6) is 1.38. The summed E-state index contributed by atoms with van der Waals surface area (Å²) in [4.78, 5) is 4.31. The quantitative estimate of drug-likeness (QED) is 0.758. The third-order valence-electron chi connectivity index (χ3n) is 2.63. The first-order chi connectivity index (χ1) is 9.20. The summed E-state index contributed by atoms with van der Waals surface area (Å²) in [6.07, 6.45) is 1.61. The van der Waals surface area contributed by atoms with Crippen LogP contribution in [0.2, 0.25) is 0 Å². The Labute approximate surface area is 109 Å². The minimum atomic E-state index is 0.363. The van der Waals surface area contributed by atoms with Gasteiger partial charge < -0.3 is 10.3 Å². The van der Waals surface area contributed by atoms with Crippen molar-refractivity contribution >= 4 is 5.82 Å². The second kappa shape index (κ2) is 4.52. The summed E-state index contributed by atoms with van der Waals surface area (Å²) < 4.78 is 6.77. The number of benzene rings is 1. The van der Waals surface area contributed by atoms with Gasteiger partial charge in [0.2, 0.25) is 0 Å². The van der Waals surface area contributed by atoms with Gasteiger partial charge in [0, 0.05) is 5.56 Å². The fourth-order valence-electron chi connectivity index (χ4n) is 1.67. The Morgan fingerprint density at radius 3 is 2.74 bits per heavy atom. The molecule has 0 bridgehead atoms. The van der Waals surface area contributed by atoms with Crippen molar-refractivity contribution in [2.24, 2.45) is 0 Å². The van der Waals surface area contributed by atoms with Gasteiger partial charge in [0.25, 0.3) is 5.89 Å². The fraction of sp³-hybridized carbons (Fsp3) is 0.167. The van der Waals surface area contributed by atoms with Crippen LogP contribution in [-0.2, 0) is 6.54 Å².